The summed E-state index contributed by atoms with van der Waals surface area (Å²) in [6.07, 6.45) is 0.603. The molecule has 0 aromatic heterocycles. The number of ether oxygens (including phenoxy) is 1. The van der Waals surface area contributed by atoms with E-state index in [1.165, 1.54) is 12.1 Å². The second kappa shape index (κ2) is 7.91. The largest absolute Gasteiger partial charge is 0.454 e. The Bertz CT molecular complexity index is 1080. The molecule has 3 N–H and O–H groups in total. The van der Waals surface area contributed by atoms with Gasteiger partial charge in [0.05, 0.1) is 15.7 Å². The van der Waals surface area contributed by atoms with E-state index in [1.807, 2.05) is 0 Å². The van der Waals surface area contributed by atoms with Crippen molar-refractivity contribution in [2.24, 2.45) is 5.84 Å². The van der Waals surface area contributed by atoms with E-state index < -0.39 is 0 Å². The topological polar surface area (TPSA) is 67.6 Å². The maximum atomic E-state index is 13.5. The summed E-state index contributed by atoms with van der Waals surface area (Å²) in [7, 11) is 0. The molecule has 1 amide bonds. The number of nitrogens with one attached hydrogen (secondary N) is 1. The summed E-state index contributed by atoms with van der Waals surface area (Å²) in [6.45, 7) is 0.442. The Hall–Kier alpha value is -2.80. The second-order valence-corrected chi connectivity index (χ2v) is 7.34. The maximum Gasteiger partial charge on any atom is 0.258 e. The van der Waals surface area contributed by atoms with Gasteiger partial charge in [-0.05, 0) is 60.5 Å². The molecular weight excluding hydrogens is 416 g/mol. The summed E-state index contributed by atoms with van der Waals surface area (Å²) in [5.74, 6) is 5.62. The highest BCUT2D eigenvalue weighted by Crippen LogP contribution is 2.39. The molecule has 3 aromatic rings. The summed E-state index contributed by atoms with van der Waals surface area (Å²) in [6, 6.07) is 14.4. The molecular formula is C21H16Cl2FN3O2. The van der Waals surface area contributed by atoms with Crippen LogP contribution < -0.4 is 20.9 Å². The lowest BCUT2D eigenvalue weighted by Crippen LogP contribution is -2.37. The van der Waals surface area contributed by atoms with E-state index in [-0.39, 0.29) is 11.7 Å². The Morgan fingerprint density at radius 3 is 2.52 bits per heavy atom. The molecule has 4 rings (SSSR count). The maximum absolute atomic E-state index is 13.5. The first-order valence-electron chi connectivity index (χ1n) is 8.80. The van der Waals surface area contributed by atoms with Crippen LogP contribution in [0.1, 0.15) is 15.9 Å². The zero-order valence-electron chi connectivity index (χ0n) is 15.1. The van der Waals surface area contributed by atoms with Gasteiger partial charge in [-0.15, -0.1) is 0 Å². The van der Waals surface area contributed by atoms with Crippen LogP contribution in [-0.4, -0.2) is 12.5 Å². The Kier molecular flexibility index (Phi) is 5.32. The van der Waals surface area contributed by atoms with Crippen LogP contribution in [0.2, 0.25) is 10.0 Å². The zero-order chi connectivity index (χ0) is 20.5. The molecule has 0 fully saturated rings. The van der Waals surface area contributed by atoms with Crippen LogP contribution in [0.5, 0.6) is 11.5 Å². The van der Waals surface area contributed by atoms with E-state index in [9.17, 15) is 9.18 Å². The average Bonchev–Trinajstić information content (AvgIpc) is 2.70. The zero-order valence-corrected chi connectivity index (χ0v) is 16.6. The van der Waals surface area contributed by atoms with Crippen molar-refractivity contribution in [3.63, 3.8) is 0 Å². The van der Waals surface area contributed by atoms with E-state index in [0.717, 1.165) is 5.56 Å². The summed E-state index contributed by atoms with van der Waals surface area (Å²) in [5.41, 5.74) is 4.96. The van der Waals surface area contributed by atoms with Crippen molar-refractivity contribution in [2.45, 2.75) is 6.42 Å². The van der Waals surface area contributed by atoms with Gasteiger partial charge in [0.25, 0.3) is 5.91 Å². The first kappa shape index (κ1) is 19.5. The number of nitrogens with zero attached hydrogens (tertiary/aromatic N) is 1. The minimum absolute atomic E-state index is 0.183. The molecule has 1 aliphatic heterocycles. The van der Waals surface area contributed by atoms with Gasteiger partial charge in [0, 0.05) is 17.8 Å². The standard InChI is InChI=1S/C21H16Cl2FN3O2/c22-18-10-14(26-25)11-19(23)20(18)29-16-4-5-17-12(8-16)6-7-27(21(17)28)15-3-1-2-13(24)9-15/h1-5,8-11,26H,6-7,25H2. The molecule has 0 radical (unpaired) electrons. The molecule has 0 unspecified atom stereocenters. The van der Waals surface area contributed by atoms with Crippen LogP contribution in [0.4, 0.5) is 15.8 Å². The quantitative estimate of drug-likeness (QED) is 0.427. The normalized spacial score (nSPS) is 13.2. The number of hydrogen-bond donors (Lipinski definition) is 2. The highest BCUT2D eigenvalue weighted by atomic mass is 35.5. The number of carbonyl (C=O) groups excluding carboxylic acids is 1. The number of fused-ring (bicyclic) bond motifs is 1. The number of rotatable bonds is 4. The van der Waals surface area contributed by atoms with Crippen molar-refractivity contribution >= 4 is 40.5 Å². The summed E-state index contributed by atoms with van der Waals surface area (Å²) < 4.78 is 19.4. The third-order valence-electron chi connectivity index (χ3n) is 4.66. The van der Waals surface area contributed by atoms with Gasteiger partial charge in [-0.25, -0.2) is 4.39 Å². The molecule has 29 heavy (non-hydrogen) atoms. The highest BCUT2D eigenvalue weighted by molar-refractivity contribution is 6.37. The Morgan fingerprint density at radius 2 is 1.83 bits per heavy atom. The molecule has 1 heterocycles. The Labute approximate surface area is 176 Å². The smallest absolute Gasteiger partial charge is 0.258 e. The molecule has 0 atom stereocenters. The molecule has 0 saturated heterocycles. The lowest BCUT2D eigenvalue weighted by molar-refractivity contribution is 0.0980. The number of nitrogens with two attached hydrogens (primary N) is 1. The number of hydrazine groups is 1. The fourth-order valence-electron chi connectivity index (χ4n) is 3.28. The summed E-state index contributed by atoms with van der Waals surface area (Å²) in [5, 5.41) is 0.605. The minimum Gasteiger partial charge on any atom is -0.454 e. The molecule has 8 heteroatoms. The first-order chi connectivity index (χ1) is 14.0. The van der Waals surface area contributed by atoms with Crippen molar-refractivity contribution in [3.8, 4) is 11.5 Å². The number of benzene rings is 3. The van der Waals surface area contributed by atoms with Gasteiger partial charge in [0.2, 0.25) is 0 Å². The van der Waals surface area contributed by atoms with E-state index in [0.29, 0.717) is 51.4 Å². The van der Waals surface area contributed by atoms with Crippen molar-refractivity contribution in [1.82, 2.24) is 0 Å². The van der Waals surface area contributed by atoms with Gasteiger partial charge in [0.15, 0.2) is 5.75 Å². The summed E-state index contributed by atoms with van der Waals surface area (Å²) in [4.78, 5) is 14.4. The monoisotopic (exact) mass is 431 g/mol. The number of amides is 1. The third kappa shape index (κ3) is 3.87. The van der Waals surface area contributed by atoms with Crippen LogP contribution in [0.15, 0.2) is 54.6 Å². The highest BCUT2D eigenvalue weighted by Gasteiger charge is 2.26. The second-order valence-electron chi connectivity index (χ2n) is 6.52. The fourth-order valence-corrected chi connectivity index (χ4v) is 3.84. The molecule has 0 spiro atoms. The van der Waals surface area contributed by atoms with Crippen molar-refractivity contribution in [1.29, 1.82) is 0 Å². The average molecular weight is 432 g/mol. The van der Waals surface area contributed by atoms with Crippen LogP contribution in [-0.2, 0) is 6.42 Å². The third-order valence-corrected chi connectivity index (χ3v) is 5.22. The molecule has 0 aliphatic carbocycles. The van der Waals surface area contributed by atoms with Gasteiger partial charge < -0.3 is 15.1 Å². The Morgan fingerprint density at radius 1 is 1.07 bits per heavy atom. The lowest BCUT2D eigenvalue weighted by atomic mass is 9.98. The molecule has 0 bridgehead atoms. The van der Waals surface area contributed by atoms with Gasteiger partial charge in [-0.1, -0.05) is 29.3 Å². The van der Waals surface area contributed by atoms with Crippen molar-refractivity contribution in [3.05, 3.63) is 81.6 Å². The summed E-state index contributed by atoms with van der Waals surface area (Å²) >= 11 is 12.5. The SMILES string of the molecule is NNc1cc(Cl)c(Oc2ccc3c(c2)CCN(c2cccc(F)c2)C3=O)c(Cl)c1. The predicted molar refractivity (Wildman–Crippen MR) is 113 cm³/mol. The van der Waals surface area contributed by atoms with Gasteiger partial charge in [0.1, 0.15) is 11.6 Å². The van der Waals surface area contributed by atoms with Crippen molar-refractivity contribution < 1.29 is 13.9 Å². The van der Waals surface area contributed by atoms with Crippen molar-refractivity contribution in [2.75, 3.05) is 16.9 Å². The van der Waals surface area contributed by atoms with Gasteiger partial charge in [-0.3, -0.25) is 10.6 Å². The number of halogens is 3. The van der Waals surface area contributed by atoms with E-state index in [4.69, 9.17) is 33.8 Å². The first-order valence-corrected chi connectivity index (χ1v) is 9.56. The van der Waals surface area contributed by atoms with Crippen LogP contribution in [0.3, 0.4) is 0 Å². The van der Waals surface area contributed by atoms with Crippen LogP contribution >= 0.6 is 23.2 Å². The van der Waals surface area contributed by atoms with E-state index in [1.54, 1.807) is 47.4 Å². The minimum atomic E-state index is -0.380. The molecule has 148 valence electrons. The Balaban J connectivity index is 1.60. The predicted octanol–water partition coefficient (Wildman–Crippen LogP) is 5.41. The number of nitrogen functional groups attached to an aromatic ring is 1. The number of carbonyl (C=O) groups is 1. The van der Waals surface area contributed by atoms with Gasteiger partial charge >= 0.3 is 0 Å². The number of hydrogen-bond acceptors (Lipinski definition) is 4. The molecule has 3 aromatic carbocycles. The molecule has 5 nitrogen and oxygen atoms in total. The fraction of sp³-hybridized carbons (Fsp3) is 0.0952. The van der Waals surface area contributed by atoms with Gasteiger partial charge in [-0.2, -0.15) is 0 Å². The van der Waals surface area contributed by atoms with E-state index in [2.05, 4.69) is 5.43 Å². The molecule has 0 saturated carbocycles. The number of anilines is 2. The van der Waals surface area contributed by atoms with Crippen LogP contribution in [0.25, 0.3) is 0 Å². The lowest BCUT2D eigenvalue weighted by Gasteiger charge is -2.29. The van der Waals surface area contributed by atoms with E-state index >= 15 is 0 Å². The van der Waals surface area contributed by atoms with Crippen LogP contribution in [0, 0.1) is 5.82 Å². The molecule has 1 aliphatic rings.